The summed E-state index contributed by atoms with van der Waals surface area (Å²) in [4.78, 5) is 6.11. The third-order valence-electron chi connectivity index (χ3n) is 3.16. The van der Waals surface area contributed by atoms with Crippen molar-refractivity contribution in [2.45, 2.75) is 26.3 Å². The maximum Gasteiger partial charge on any atom is 0.146 e. The number of nitrogens with zero attached hydrogens (tertiary/aromatic N) is 2. The van der Waals surface area contributed by atoms with Gasteiger partial charge in [0.15, 0.2) is 0 Å². The van der Waals surface area contributed by atoms with Gasteiger partial charge in [0.25, 0.3) is 0 Å². The van der Waals surface area contributed by atoms with Gasteiger partial charge in [0.05, 0.1) is 6.20 Å². The van der Waals surface area contributed by atoms with Gasteiger partial charge in [-0.05, 0) is 39.2 Å². The van der Waals surface area contributed by atoms with E-state index in [1.165, 1.54) is 6.20 Å². The van der Waals surface area contributed by atoms with Gasteiger partial charge < -0.3 is 10.2 Å². The van der Waals surface area contributed by atoms with Crippen LogP contribution in [0.4, 0.5) is 4.39 Å². The second kappa shape index (κ2) is 7.35. The first-order valence-corrected chi connectivity index (χ1v) is 6.21. The zero-order valence-electron chi connectivity index (χ0n) is 10.9. The third-order valence-corrected chi connectivity index (χ3v) is 3.16. The lowest BCUT2D eigenvalue weighted by Gasteiger charge is -2.22. The molecule has 1 heterocycles. The summed E-state index contributed by atoms with van der Waals surface area (Å²) in [7, 11) is 1.87. The molecular formula is C13H22FN3. The molecule has 0 amide bonds. The molecule has 0 saturated carbocycles. The summed E-state index contributed by atoms with van der Waals surface area (Å²) >= 11 is 0. The predicted octanol–water partition coefficient (Wildman–Crippen LogP) is 2.21. The Morgan fingerprint density at radius 1 is 1.41 bits per heavy atom. The molecule has 1 unspecified atom stereocenters. The van der Waals surface area contributed by atoms with E-state index in [9.17, 15) is 4.39 Å². The zero-order chi connectivity index (χ0) is 12.7. The van der Waals surface area contributed by atoms with Crippen molar-refractivity contribution in [2.24, 2.45) is 0 Å². The highest BCUT2D eigenvalue weighted by atomic mass is 19.1. The number of hydrogen-bond donors (Lipinski definition) is 1. The van der Waals surface area contributed by atoms with Crippen molar-refractivity contribution < 1.29 is 4.39 Å². The topological polar surface area (TPSA) is 28.2 Å². The van der Waals surface area contributed by atoms with Gasteiger partial charge in [-0.15, -0.1) is 0 Å². The molecule has 0 spiro atoms. The molecule has 0 radical (unpaired) electrons. The minimum absolute atomic E-state index is 0.0543. The highest BCUT2D eigenvalue weighted by Gasteiger charge is 2.14. The predicted molar refractivity (Wildman–Crippen MR) is 68.4 cm³/mol. The Hall–Kier alpha value is -1.00. The second-order valence-corrected chi connectivity index (χ2v) is 4.05. The average molecular weight is 239 g/mol. The fourth-order valence-electron chi connectivity index (χ4n) is 1.98. The molecule has 0 saturated heterocycles. The quantitative estimate of drug-likeness (QED) is 0.790. The first kappa shape index (κ1) is 14.1. The molecule has 1 atom stereocenters. The minimum Gasteiger partial charge on any atom is -0.313 e. The summed E-state index contributed by atoms with van der Waals surface area (Å²) in [5, 5.41) is 3.17. The van der Waals surface area contributed by atoms with Crippen molar-refractivity contribution in [3.63, 3.8) is 0 Å². The molecule has 0 aromatic carbocycles. The van der Waals surface area contributed by atoms with E-state index in [2.05, 4.69) is 29.0 Å². The normalized spacial score (nSPS) is 13.0. The first-order chi connectivity index (χ1) is 8.22. The monoisotopic (exact) mass is 239 g/mol. The standard InChI is InChI=1S/C13H22FN3/c1-4-17(5-2)9-7-13(15-3)11-6-8-16-10-12(11)14/h6,8,10,13,15H,4-5,7,9H2,1-3H3. The number of hydrogen-bond acceptors (Lipinski definition) is 3. The number of pyridine rings is 1. The smallest absolute Gasteiger partial charge is 0.146 e. The van der Waals surface area contributed by atoms with Gasteiger partial charge >= 0.3 is 0 Å². The number of aromatic nitrogens is 1. The van der Waals surface area contributed by atoms with Gasteiger partial charge in [-0.25, -0.2) is 4.39 Å². The lowest BCUT2D eigenvalue weighted by Crippen LogP contribution is -2.28. The molecule has 1 aromatic rings. The van der Waals surface area contributed by atoms with Gasteiger partial charge in [0.1, 0.15) is 5.82 Å². The molecule has 1 rings (SSSR count). The first-order valence-electron chi connectivity index (χ1n) is 6.21. The highest BCUT2D eigenvalue weighted by Crippen LogP contribution is 2.19. The molecule has 0 bridgehead atoms. The van der Waals surface area contributed by atoms with E-state index in [1.54, 1.807) is 12.3 Å². The summed E-state index contributed by atoms with van der Waals surface area (Å²) in [6, 6.07) is 1.80. The van der Waals surface area contributed by atoms with Crippen molar-refractivity contribution in [1.82, 2.24) is 15.2 Å². The van der Waals surface area contributed by atoms with E-state index in [1.807, 2.05) is 7.05 Å². The van der Waals surface area contributed by atoms with Crippen LogP contribution < -0.4 is 5.32 Å². The SMILES string of the molecule is CCN(CC)CCC(NC)c1ccncc1F. The van der Waals surface area contributed by atoms with Crippen LogP contribution in [0.2, 0.25) is 0 Å². The van der Waals surface area contributed by atoms with Crippen LogP contribution in [0.1, 0.15) is 31.9 Å². The van der Waals surface area contributed by atoms with Crippen LogP contribution in [0.25, 0.3) is 0 Å². The Bertz CT molecular complexity index is 326. The summed E-state index contributed by atoms with van der Waals surface area (Å²) in [5.41, 5.74) is 0.703. The average Bonchev–Trinajstić information content (AvgIpc) is 2.36. The van der Waals surface area contributed by atoms with E-state index in [0.29, 0.717) is 5.56 Å². The van der Waals surface area contributed by atoms with E-state index in [0.717, 1.165) is 26.1 Å². The van der Waals surface area contributed by atoms with Crippen molar-refractivity contribution >= 4 is 0 Å². The Kier molecular flexibility index (Phi) is 6.08. The molecule has 4 heteroatoms. The molecule has 0 aliphatic heterocycles. The lowest BCUT2D eigenvalue weighted by molar-refractivity contribution is 0.283. The van der Waals surface area contributed by atoms with Gasteiger partial charge in [0.2, 0.25) is 0 Å². The van der Waals surface area contributed by atoms with Crippen molar-refractivity contribution in [3.8, 4) is 0 Å². The fourth-order valence-corrected chi connectivity index (χ4v) is 1.98. The summed E-state index contributed by atoms with van der Waals surface area (Å²) in [6.45, 7) is 7.33. The van der Waals surface area contributed by atoms with Gasteiger partial charge in [-0.1, -0.05) is 13.8 Å². The Morgan fingerprint density at radius 3 is 2.65 bits per heavy atom. The molecule has 3 nitrogen and oxygen atoms in total. The molecular weight excluding hydrogens is 217 g/mol. The largest absolute Gasteiger partial charge is 0.313 e. The highest BCUT2D eigenvalue weighted by molar-refractivity contribution is 5.17. The fraction of sp³-hybridized carbons (Fsp3) is 0.615. The molecule has 0 aliphatic rings. The van der Waals surface area contributed by atoms with Gasteiger partial charge in [-0.2, -0.15) is 0 Å². The molecule has 1 aromatic heterocycles. The maximum atomic E-state index is 13.6. The van der Waals surface area contributed by atoms with E-state index in [-0.39, 0.29) is 11.9 Å². The Morgan fingerprint density at radius 2 is 2.12 bits per heavy atom. The van der Waals surface area contributed by atoms with Crippen molar-refractivity contribution in [3.05, 3.63) is 29.8 Å². The van der Waals surface area contributed by atoms with Gasteiger partial charge in [0, 0.05) is 17.8 Å². The number of halogens is 1. The molecule has 17 heavy (non-hydrogen) atoms. The summed E-state index contributed by atoms with van der Waals surface area (Å²) in [6.07, 6.45) is 3.82. The summed E-state index contributed by atoms with van der Waals surface area (Å²) in [5.74, 6) is -0.230. The van der Waals surface area contributed by atoms with Crippen LogP contribution in [0.5, 0.6) is 0 Å². The van der Waals surface area contributed by atoms with Crippen molar-refractivity contribution in [2.75, 3.05) is 26.7 Å². The molecule has 0 fully saturated rings. The van der Waals surface area contributed by atoms with Crippen LogP contribution in [0.15, 0.2) is 18.5 Å². The lowest BCUT2D eigenvalue weighted by atomic mass is 10.0. The van der Waals surface area contributed by atoms with Crippen LogP contribution in [-0.2, 0) is 0 Å². The zero-order valence-corrected chi connectivity index (χ0v) is 10.9. The van der Waals surface area contributed by atoms with Crippen LogP contribution in [-0.4, -0.2) is 36.6 Å². The molecule has 96 valence electrons. The van der Waals surface area contributed by atoms with E-state index < -0.39 is 0 Å². The molecule has 1 N–H and O–H groups in total. The van der Waals surface area contributed by atoms with Crippen LogP contribution in [0.3, 0.4) is 0 Å². The second-order valence-electron chi connectivity index (χ2n) is 4.05. The number of rotatable bonds is 7. The maximum absolute atomic E-state index is 13.6. The van der Waals surface area contributed by atoms with E-state index >= 15 is 0 Å². The van der Waals surface area contributed by atoms with Crippen molar-refractivity contribution in [1.29, 1.82) is 0 Å². The number of nitrogens with one attached hydrogen (secondary N) is 1. The van der Waals surface area contributed by atoms with Crippen LogP contribution >= 0.6 is 0 Å². The van der Waals surface area contributed by atoms with Crippen LogP contribution in [0, 0.1) is 5.82 Å². The molecule has 0 aliphatic carbocycles. The Balaban J connectivity index is 2.63. The minimum atomic E-state index is -0.230. The third kappa shape index (κ3) is 4.06. The Labute approximate surface area is 103 Å². The van der Waals surface area contributed by atoms with Gasteiger partial charge in [-0.3, -0.25) is 4.98 Å². The summed E-state index contributed by atoms with van der Waals surface area (Å²) < 4.78 is 13.6. The van der Waals surface area contributed by atoms with E-state index in [4.69, 9.17) is 0 Å².